The van der Waals surface area contributed by atoms with Crippen LogP contribution in [0.15, 0.2) is 22.1 Å². The van der Waals surface area contributed by atoms with Crippen molar-refractivity contribution >= 4 is 23.7 Å². The van der Waals surface area contributed by atoms with Gasteiger partial charge in [-0.15, -0.1) is 0 Å². The van der Waals surface area contributed by atoms with Crippen LogP contribution < -0.4 is 16.8 Å². The molecule has 0 aromatic rings. The second-order valence-electron chi connectivity index (χ2n) is 4.91. The third-order valence-corrected chi connectivity index (χ3v) is 2.66. The van der Waals surface area contributed by atoms with Gasteiger partial charge in [0.05, 0.1) is 6.61 Å². The van der Waals surface area contributed by atoms with E-state index < -0.39 is 5.97 Å². The molecule has 0 heterocycles. The van der Waals surface area contributed by atoms with Crippen molar-refractivity contribution in [3.05, 3.63) is 12.2 Å². The molecule has 0 unspecified atom stereocenters. The second-order valence-corrected chi connectivity index (χ2v) is 4.91. The fourth-order valence-electron chi connectivity index (χ4n) is 1.54. The van der Waals surface area contributed by atoms with Crippen LogP contribution in [0.4, 0.5) is 0 Å². The maximum absolute atomic E-state index is 11.6. The molecule has 0 atom stereocenters. The van der Waals surface area contributed by atoms with Crippen molar-refractivity contribution in [2.45, 2.75) is 39.5 Å². The zero-order valence-electron chi connectivity index (χ0n) is 13.9. The third kappa shape index (κ3) is 11.9. The predicted molar refractivity (Wildman–Crippen MR) is 91.0 cm³/mol. The van der Waals surface area contributed by atoms with Crippen LogP contribution in [-0.2, 0) is 14.3 Å². The van der Waals surface area contributed by atoms with Crippen LogP contribution in [0.1, 0.15) is 39.5 Å². The Labute approximate surface area is 137 Å². The first-order valence-electron chi connectivity index (χ1n) is 7.58. The maximum Gasteiger partial charge on any atom is 0.333 e. The minimum Gasteiger partial charge on any atom is -0.462 e. The Kier molecular flexibility index (Phi) is 10.9. The first-order valence-corrected chi connectivity index (χ1v) is 7.58. The molecule has 0 rings (SSSR count). The lowest BCUT2D eigenvalue weighted by atomic mass is 10.1. The van der Waals surface area contributed by atoms with E-state index in [-0.39, 0.29) is 24.3 Å². The number of ether oxygens (including phenoxy) is 1. The molecule has 0 amide bonds. The highest BCUT2D eigenvalue weighted by molar-refractivity contribution is 5.97. The monoisotopic (exact) mass is 325 g/mol. The van der Waals surface area contributed by atoms with Gasteiger partial charge >= 0.3 is 5.97 Å². The van der Waals surface area contributed by atoms with Crippen LogP contribution in [0.5, 0.6) is 0 Å². The number of rotatable bonds is 10. The number of guanidine groups is 2. The number of aliphatic imine (C=N–C) groups is 2. The van der Waals surface area contributed by atoms with Gasteiger partial charge in [-0.2, -0.15) is 0 Å². The molecule has 8 nitrogen and oxygen atoms in total. The standard InChI is InChI=1S/C15H27N5O3/c1-4-18-14(16)20-15(17)19-9-5-7-12(21)8-6-10-23-13(22)11(2)3/h2,4-10H2,1,3H3,(H5,16,17,18,19,20). The summed E-state index contributed by atoms with van der Waals surface area (Å²) >= 11 is 0. The van der Waals surface area contributed by atoms with Crippen LogP contribution in [0.25, 0.3) is 0 Å². The molecule has 0 aliphatic heterocycles. The fourth-order valence-corrected chi connectivity index (χ4v) is 1.54. The largest absolute Gasteiger partial charge is 0.462 e. The summed E-state index contributed by atoms with van der Waals surface area (Å²) < 4.78 is 4.91. The fraction of sp³-hybridized carbons (Fsp3) is 0.600. The molecule has 0 radical (unpaired) electrons. The number of nitrogens with two attached hydrogens (primary N) is 2. The predicted octanol–water partition coefficient (Wildman–Crippen LogP) is 0.474. The van der Waals surface area contributed by atoms with Crippen molar-refractivity contribution in [3.63, 3.8) is 0 Å². The molecule has 0 aromatic heterocycles. The van der Waals surface area contributed by atoms with E-state index >= 15 is 0 Å². The average molecular weight is 325 g/mol. The molecule has 0 saturated heterocycles. The van der Waals surface area contributed by atoms with Gasteiger partial charge in [0.25, 0.3) is 0 Å². The van der Waals surface area contributed by atoms with E-state index in [9.17, 15) is 9.59 Å². The van der Waals surface area contributed by atoms with Gasteiger partial charge in [-0.1, -0.05) is 6.58 Å². The summed E-state index contributed by atoms with van der Waals surface area (Å²) in [6, 6.07) is 0. The Morgan fingerprint density at radius 3 is 2.35 bits per heavy atom. The number of hydrogen-bond donors (Lipinski definition) is 3. The average Bonchev–Trinajstić information content (AvgIpc) is 2.47. The van der Waals surface area contributed by atoms with Crippen molar-refractivity contribution in [1.29, 1.82) is 0 Å². The molecule has 0 fully saturated rings. The van der Waals surface area contributed by atoms with Crippen molar-refractivity contribution in [2.75, 3.05) is 19.7 Å². The van der Waals surface area contributed by atoms with E-state index in [1.807, 2.05) is 6.92 Å². The Morgan fingerprint density at radius 2 is 1.74 bits per heavy atom. The lowest BCUT2D eigenvalue weighted by molar-refractivity contribution is -0.139. The topological polar surface area (TPSA) is 132 Å². The normalized spacial score (nSPS) is 11.9. The van der Waals surface area contributed by atoms with Crippen LogP contribution in [0, 0.1) is 0 Å². The number of ketones is 1. The van der Waals surface area contributed by atoms with Gasteiger partial charge in [-0.3, -0.25) is 20.1 Å². The number of nitrogens with one attached hydrogen (secondary N) is 1. The zero-order chi connectivity index (χ0) is 17.7. The molecule has 0 bridgehead atoms. The molecule has 130 valence electrons. The lowest BCUT2D eigenvalue weighted by Crippen LogP contribution is -2.41. The van der Waals surface area contributed by atoms with Crippen LogP contribution >= 0.6 is 0 Å². The highest BCUT2D eigenvalue weighted by atomic mass is 16.5. The summed E-state index contributed by atoms with van der Waals surface area (Å²) in [5.74, 6) is 0.0683. The first-order chi connectivity index (χ1) is 10.9. The van der Waals surface area contributed by atoms with Gasteiger partial charge in [0.15, 0.2) is 11.9 Å². The minimum absolute atomic E-state index is 0.102. The van der Waals surface area contributed by atoms with E-state index in [1.165, 1.54) is 0 Å². The number of hydrogen-bond acceptors (Lipinski definition) is 5. The summed E-state index contributed by atoms with van der Waals surface area (Å²) in [6.45, 7) is 8.12. The zero-order valence-corrected chi connectivity index (χ0v) is 13.9. The lowest BCUT2D eigenvalue weighted by Gasteiger charge is -2.05. The molecule has 0 aliphatic rings. The quantitative estimate of drug-likeness (QED) is 0.176. The Bertz CT molecular complexity index is 472. The van der Waals surface area contributed by atoms with Gasteiger partial charge in [0, 0.05) is 31.5 Å². The Morgan fingerprint density at radius 1 is 1.13 bits per heavy atom. The van der Waals surface area contributed by atoms with E-state index in [1.54, 1.807) is 6.92 Å². The smallest absolute Gasteiger partial charge is 0.333 e. The summed E-state index contributed by atoms with van der Waals surface area (Å²) in [5.41, 5.74) is 11.5. The third-order valence-electron chi connectivity index (χ3n) is 2.66. The molecule has 0 aromatic carbocycles. The maximum atomic E-state index is 11.6. The van der Waals surface area contributed by atoms with Crippen LogP contribution in [-0.4, -0.2) is 43.4 Å². The van der Waals surface area contributed by atoms with Gasteiger partial charge < -0.3 is 16.2 Å². The molecule has 0 spiro atoms. The molecule has 23 heavy (non-hydrogen) atoms. The number of nitrogens with zero attached hydrogens (tertiary/aromatic N) is 2. The number of esters is 1. The molecule has 8 heteroatoms. The van der Waals surface area contributed by atoms with Gasteiger partial charge in [0.2, 0.25) is 0 Å². The molecular formula is C15H27N5O3. The van der Waals surface area contributed by atoms with Crippen LogP contribution in [0.3, 0.4) is 0 Å². The van der Waals surface area contributed by atoms with Crippen molar-refractivity contribution in [3.8, 4) is 0 Å². The Hall–Kier alpha value is -2.38. The molecule has 5 N–H and O–H groups in total. The van der Waals surface area contributed by atoms with Crippen molar-refractivity contribution < 1.29 is 14.3 Å². The SMILES string of the molecule is C=C(C)C(=O)OCCCC(=O)CCCN=C(N)NC(N)=NCC. The summed E-state index contributed by atoms with van der Waals surface area (Å²) in [4.78, 5) is 30.7. The minimum atomic E-state index is -0.430. The molecular weight excluding hydrogens is 298 g/mol. The summed E-state index contributed by atoms with van der Waals surface area (Å²) in [7, 11) is 0. The van der Waals surface area contributed by atoms with E-state index in [0.717, 1.165) is 0 Å². The van der Waals surface area contributed by atoms with Crippen molar-refractivity contribution in [1.82, 2.24) is 5.32 Å². The highest BCUT2D eigenvalue weighted by Gasteiger charge is 2.05. The highest BCUT2D eigenvalue weighted by Crippen LogP contribution is 2.01. The van der Waals surface area contributed by atoms with Gasteiger partial charge in [-0.25, -0.2) is 4.79 Å². The van der Waals surface area contributed by atoms with E-state index in [0.29, 0.717) is 44.3 Å². The first kappa shape index (κ1) is 20.6. The summed E-state index contributed by atoms with van der Waals surface area (Å²) in [5, 5.41) is 2.65. The number of Topliss-reactive ketones (excluding diaryl/α,β-unsaturated/α-hetero) is 1. The second kappa shape index (κ2) is 12.2. The van der Waals surface area contributed by atoms with Crippen molar-refractivity contribution in [2.24, 2.45) is 21.5 Å². The van der Waals surface area contributed by atoms with E-state index in [2.05, 4.69) is 21.9 Å². The van der Waals surface area contributed by atoms with Gasteiger partial charge in [0.1, 0.15) is 5.78 Å². The summed E-state index contributed by atoms with van der Waals surface area (Å²) in [6.07, 6.45) is 1.88. The van der Waals surface area contributed by atoms with E-state index in [4.69, 9.17) is 16.2 Å². The van der Waals surface area contributed by atoms with Crippen LogP contribution in [0.2, 0.25) is 0 Å². The molecule has 0 saturated carbocycles. The molecule has 0 aliphatic carbocycles. The van der Waals surface area contributed by atoms with Gasteiger partial charge in [-0.05, 0) is 26.7 Å². The Balaban J connectivity index is 3.76. The number of carbonyl (C=O) groups is 2. The number of carbonyl (C=O) groups excluding carboxylic acids is 2.